The minimum absolute atomic E-state index is 0.0356. The Bertz CT molecular complexity index is 1580. The zero-order valence-electron chi connectivity index (χ0n) is 26.1. The fourth-order valence-corrected chi connectivity index (χ4v) is 7.54. The molecule has 0 saturated carbocycles. The van der Waals surface area contributed by atoms with E-state index in [-0.39, 0.29) is 12.2 Å². The van der Waals surface area contributed by atoms with Gasteiger partial charge in [0.2, 0.25) is 17.6 Å². The number of ether oxygens (including phenoxy) is 2. The Labute approximate surface area is 261 Å². The summed E-state index contributed by atoms with van der Waals surface area (Å²) in [6.45, 7) is 11.8. The van der Waals surface area contributed by atoms with Gasteiger partial charge in [-0.05, 0) is 66.5 Å². The standard InChI is InChI=1S/C31H40N8O4S/c1-30(2,3)42-29(40)39-13-11-38(12-14-39)19-15-22(34-24(16-19)41-20-8-10-37(5)18-20)27-35-28(43-36-27)31(4)9-6-7-23-25(31)21(17-32)26(33)44-23/h15-16,20H,6-14,18,33H2,1-5H3/t20-,31+/m1/s1. The highest BCUT2D eigenvalue weighted by Gasteiger charge is 2.43. The van der Waals surface area contributed by atoms with E-state index in [2.05, 4.69) is 35.0 Å². The molecule has 2 atom stereocenters. The molecule has 3 aliphatic rings. The maximum Gasteiger partial charge on any atom is 0.410 e. The van der Waals surface area contributed by atoms with Gasteiger partial charge in [0.1, 0.15) is 28.5 Å². The number of pyridine rings is 1. The molecule has 13 heteroatoms. The molecule has 2 N–H and O–H groups in total. The monoisotopic (exact) mass is 620 g/mol. The predicted octanol–water partition coefficient (Wildman–Crippen LogP) is 4.43. The van der Waals surface area contributed by atoms with Crippen molar-refractivity contribution >= 4 is 28.1 Å². The zero-order valence-corrected chi connectivity index (χ0v) is 26.9. The summed E-state index contributed by atoms with van der Waals surface area (Å²) in [7, 11) is 2.08. The van der Waals surface area contributed by atoms with Crippen molar-refractivity contribution in [1.82, 2.24) is 24.9 Å². The van der Waals surface area contributed by atoms with Gasteiger partial charge >= 0.3 is 6.09 Å². The number of nitrogens with zero attached hydrogens (tertiary/aromatic N) is 7. The number of nitrogens with two attached hydrogens (primary N) is 1. The Balaban J connectivity index is 1.29. The lowest BCUT2D eigenvalue weighted by atomic mass is 9.72. The second-order valence-corrected chi connectivity index (χ2v) is 14.3. The molecule has 0 aromatic carbocycles. The third-order valence-corrected chi connectivity index (χ3v) is 9.68. The van der Waals surface area contributed by atoms with Crippen LogP contribution in [0.15, 0.2) is 16.7 Å². The van der Waals surface area contributed by atoms with E-state index in [0.717, 1.165) is 54.9 Å². The van der Waals surface area contributed by atoms with Gasteiger partial charge in [-0.25, -0.2) is 9.78 Å². The molecule has 1 amide bonds. The summed E-state index contributed by atoms with van der Waals surface area (Å²) in [6, 6.07) is 6.20. The van der Waals surface area contributed by atoms with E-state index >= 15 is 0 Å². The largest absolute Gasteiger partial charge is 0.473 e. The van der Waals surface area contributed by atoms with Crippen LogP contribution in [-0.4, -0.2) is 89.0 Å². The van der Waals surface area contributed by atoms with E-state index < -0.39 is 11.0 Å². The van der Waals surface area contributed by atoms with Crippen LogP contribution in [0.25, 0.3) is 11.5 Å². The summed E-state index contributed by atoms with van der Waals surface area (Å²) in [5.41, 5.74) is 7.93. The second kappa shape index (κ2) is 11.6. The average molecular weight is 621 g/mol. The summed E-state index contributed by atoms with van der Waals surface area (Å²) >= 11 is 1.48. The van der Waals surface area contributed by atoms with Gasteiger partial charge in [0.15, 0.2) is 0 Å². The summed E-state index contributed by atoms with van der Waals surface area (Å²) in [5, 5.41) is 14.8. The Hall–Kier alpha value is -3.89. The van der Waals surface area contributed by atoms with Gasteiger partial charge in [-0.15, -0.1) is 11.3 Å². The van der Waals surface area contributed by atoms with Crippen molar-refractivity contribution in [3.63, 3.8) is 0 Å². The van der Waals surface area contributed by atoms with Crippen molar-refractivity contribution in [3.05, 3.63) is 34.0 Å². The van der Waals surface area contributed by atoms with Gasteiger partial charge < -0.3 is 34.4 Å². The van der Waals surface area contributed by atoms with Crippen LogP contribution < -0.4 is 15.4 Å². The molecule has 2 saturated heterocycles. The number of likely N-dealkylation sites (N-methyl/N-ethyl adjacent to an activating group) is 1. The summed E-state index contributed by atoms with van der Waals surface area (Å²) in [5.74, 6) is 1.31. The zero-order chi connectivity index (χ0) is 31.2. The Morgan fingerprint density at radius 1 is 1.20 bits per heavy atom. The topological polar surface area (TPSA) is 147 Å². The minimum atomic E-state index is -0.624. The lowest BCUT2D eigenvalue weighted by Gasteiger charge is -2.36. The van der Waals surface area contributed by atoms with Crippen LogP contribution >= 0.6 is 11.3 Å². The molecule has 1 aliphatic carbocycles. The maximum absolute atomic E-state index is 12.6. The first-order valence-corrected chi connectivity index (χ1v) is 16.0. The first-order chi connectivity index (χ1) is 20.9. The van der Waals surface area contributed by atoms with Crippen LogP contribution in [0.1, 0.15) is 68.9 Å². The lowest BCUT2D eigenvalue weighted by Crippen LogP contribution is -2.50. The quantitative estimate of drug-likeness (QED) is 0.432. The normalized spacial score (nSPS) is 22.5. The fourth-order valence-electron chi connectivity index (χ4n) is 6.35. The first kappa shape index (κ1) is 30.1. The van der Waals surface area contributed by atoms with Gasteiger partial charge in [0, 0.05) is 61.5 Å². The Morgan fingerprint density at radius 2 is 1.98 bits per heavy atom. The number of carbonyl (C=O) groups excluding carboxylic acids is 1. The van der Waals surface area contributed by atoms with E-state index in [9.17, 15) is 10.1 Å². The number of anilines is 2. The molecule has 12 nitrogen and oxygen atoms in total. The molecule has 0 bridgehead atoms. The summed E-state index contributed by atoms with van der Waals surface area (Å²) < 4.78 is 17.9. The van der Waals surface area contributed by atoms with Gasteiger partial charge in [0.05, 0.1) is 11.0 Å². The van der Waals surface area contributed by atoms with Crippen LogP contribution in [0.4, 0.5) is 15.5 Å². The fraction of sp³-hybridized carbons (Fsp3) is 0.581. The SMILES string of the molecule is CN1CC[C@@H](Oc2cc(N3CCN(C(=O)OC(C)(C)C)CC3)cc(-c3noc([C@@]4(C)CCCc5sc(N)c(C#N)c54)n3)n2)C1. The molecule has 0 unspecified atom stereocenters. The second-order valence-electron chi connectivity index (χ2n) is 13.2. The smallest absolute Gasteiger partial charge is 0.410 e. The van der Waals surface area contributed by atoms with E-state index in [4.69, 9.17) is 29.7 Å². The van der Waals surface area contributed by atoms with Crippen LogP contribution in [-0.2, 0) is 16.6 Å². The molecule has 2 fully saturated rings. The molecule has 3 aromatic rings. The van der Waals surface area contributed by atoms with E-state index in [0.29, 0.717) is 60.0 Å². The summed E-state index contributed by atoms with van der Waals surface area (Å²) in [4.78, 5) is 29.6. The number of thiophene rings is 1. The number of aryl methyl sites for hydroxylation is 1. The van der Waals surface area contributed by atoms with Crippen molar-refractivity contribution in [3.8, 4) is 23.5 Å². The number of nitriles is 1. The van der Waals surface area contributed by atoms with Crippen LogP contribution in [0.5, 0.6) is 5.88 Å². The van der Waals surface area contributed by atoms with Gasteiger partial charge in [-0.1, -0.05) is 5.16 Å². The van der Waals surface area contributed by atoms with Gasteiger partial charge in [-0.2, -0.15) is 10.2 Å². The molecular weight excluding hydrogens is 580 g/mol. The highest BCUT2D eigenvalue weighted by atomic mass is 32.1. The van der Waals surface area contributed by atoms with E-state index in [1.54, 1.807) is 4.90 Å². The number of hydrogen-bond donors (Lipinski definition) is 1. The van der Waals surface area contributed by atoms with Crippen LogP contribution in [0, 0.1) is 11.3 Å². The average Bonchev–Trinajstić information content (AvgIpc) is 3.71. The number of nitrogen functional groups attached to an aromatic ring is 1. The Kier molecular flexibility index (Phi) is 7.92. The molecule has 0 radical (unpaired) electrons. The van der Waals surface area contributed by atoms with Gasteiger partial charge in [0.25, 0.3) is 0 Å². The first-order valence-electron chi connectivity index (χ1n) is 15.2. The maximum atomic E-state index is 12.6. The predicted molar refractivity (Wildman–Crippen MR) is 167 cm³/mol. The van der Waals surface area contributed by atoms with Crippen molar-refractivity contribution < 1.29 is 18.8 Å². The number of rotatable bonds is 5. The lowest BCUT2D eigenvalue weighted by molar-refractivity contribution is 0.0240. The molecule has 0 spiro atoms. The molecule has 6 rings (SSSR count). The van der Waals surface area contributed by atoms with Crippen molar-refractivity contribution in [2.45, 2.75) is 70.5 Å². The van der Waals surface area contributed by atoms with E-state index in [1.165, 1.54) is 11.3 Å². The number of aromatic nitrogens is 3. The third-order valence-electron chi connectivity index (χ3n) is 8.60. The van der Waals surface area contributed by atoms with E-state index in [1.807, 2.05) is 32.9 Å². The minimum Gasteiger partial charge on any atom is -0.473 e. The Morgan fingerprint density at radius 3 is 2.66 bits per heavy atom. The van der Waals surface area contributed by atoms with Crippen LogP contribution in [0.3, 0.4) is 0 Å². The number of fused-ring (bicyclic) bond motifs is 1. The van der Waals surface area contributed by atoms with Crippen LogP contribution in [0.2, 0.25) is 0 Å². The van der Waals surface area contributed by atoms with Gasteiger partial charge in [-0.3, -0.25) is 0 Å². The molecule has 2 aliphatic heterocycles. The van der Waals surface area contributed by atoms with Crippen molar-refractivity contribution in [1.29, 1.82) is 5.26 Å². The number of piperazine rings is 1. The summed E-state index contributed by atoms with van der Waals surface area (Å²) in [6.07, 6.45) is 3.24. The molecular formula is C31H40N8O4S. The molecule has 5 heterocycles. The number of likely N-dealkylation sites (tertiary alicyclic amines) is 1. The molecule has 234 valence electrons. The third kappa shape index (κ3) is 5.93. The number of amides is 1. The molecule has 44 heavy (non-hydrogen) atoms. The molecule has 3 aromatic heterocycles. The van der Waals surface area contributed by atoms with Crippen molar-refractivity contribution in [2.24, 2.45) is 0 Å². The number of carbonyl (C=O) groups is 1. The highest BCUT2D eigenvalue weighted by molar-refractivity contribution is 7.16. The number of hydrogen-bond acceptors (Lipinski definition) is 12. The highest BCUT2D eigenvalue weighted by Crippen LogP contribution is 2.48. The van der Waals surface area contributed by atoms with Crippen molar-refractivity contribution in [2.75, 3.05) is 56.9 Å².